The minimum absolute atomic E-state index is 0.145. The lowest BCUT2D eigenvalue weighted by Gasteiger charge is -2.12. The Morgan fingerprint density at radius 1 is 1.33 bits per heavy atom. The molecule has 0 bridgehead atoms. The van der Waals surface area contributed by atoms with Crippen LogP contribution in [-0.2, 0) is 0 Å². The Hall–Kier alpha value is -1.02. The molecule has 1 aromatic rings. The molecule has 0 aromatic heterocycles. The average Bonchev–Trinajstić information content (AvgIpc) is 2.29. The van der Waals surface area contributed by atoms with Crippen LogP contribution in [-0.4, -0.2) is 7.11 Å². The number of nitrogens with two attached hydrogens (primary N) is 1. The van der Waals surface area contributed by atoms with Crippen molar-refractivity contribution in [1.29, 1.82) is 0 Å². The third-order valence-electron chi connectivity index (χ3n) is 2.64. The molecule has 0 saturated heterocycles. The molecule has 0 aliphatic heterocycles. The Kier molecular flexibility index (Phi) is 5.19. The first-order valence-corrected chi connectivity index (χ1v) is 5.67. The number of hydrogen-bond acceptors (Lipinski definition) is 2. The van der Waals surface area contributed by atoms with Crippen LogP contribution in [0.25, 0.3) is 0 Å². The van der Waals surface area contributed by atoms with E-state index >= 15 is 0 Å². The second kappa shape index (κ2) is 6.46. The van der Waals surface area contributed by atoms with Crippen molar-refractivity contribution in [1.82, 2.24) is 0 Å². The third-order valence-corrected chi connectivity index (χ3v) is 2.64. The predicted octanol–water partition coefficient (Wildman–Crippen LogP) is 3.28. The maximum atomic E-state index is 6.10. The van der Waals surface area contributed by atoms with Crippen LogP contribution >= 0.6 is 0 Å². The second-order valence-corrected chi connectivity index (χ2v) is 3.88. The van der Waals surface area contributed by atoms with Crippen molar-refractivity contribution < 1.29 is 4.74 Å². The Balaban J connectivity index is 2.52. The van der Waals surface area contributed by atoms with Crippen LogP contribution in [0.2, 0.25) is 0 Å². The van der Waals surface area contributed by atoms with Crippen molar-refractivity contribution in [3.05, 3.63) is 29.8 Å². The van der Waals surface area contributed by atoms with Gasteiger partial charge in [-0.1, -0.05) is 38.3 Å². The van der Waals surface area contributed by atoms with E-state index in [1.165, 1.54) is 24.8 Å². The SMILES string of the molecule is CCCCC[C@H](N)c1cccc(OC)c1. The van der Waals surface area contributed by atoms with Crippen molar-refractivity contribution in [2.75, 3.05) is 7.11 Å². The molecular weight excluding hydrogens is 186 g/mol. The van der Waals surface area contributed by atoms with E-state index in [0.717, 1.165) is 12.2 Å². The zero-order valence-electron chi connectivity index (χ0n) is 9.70. The maximum absolute atomic E-state index is 6.10. The molecule has 0 aliphatic rings. The van der Waals surface area contributed by atoms with Crippen molar-refractivity contribution in [3.63, 3.8) is 0 Å². The number of hydrogen-bond donors (Lipinski definition) is 1. The minimum Gasteiger partial charge on any atom is -0.497 e. The molecule has 0 fully saturated rings. The van der Waals surface area contributed by atoms with E-state index in [9.17, 15) is 0 Å². The van der Waals surface area contributed by atoms with Crippen molar-refractivity contribution in [2.45, 2.75) is 38.6 Å². The molecule has 0 unspecified atom stereocenters. The molecular formula is C13H21NO. The van der Waals surface area contributed by atoms with Gasteiger partial charge >= 0.3 is 0 Å². The number of methoxy groups -OCH3 is 1. The van der Waals surface area contributed by atoms with Crippen molar-refractivity contribution in [2.24, 2.45) is 5.73 Å². The molecule has 1 aromatic carbocycles. The van der Waals surface area contributed by atoms with Gasteiger partial charge in [0.15, 0.2) is 0 Å². The first-order chi connectivity index (χ1) is 7.27. The van der Waals surface area contributed by atoms with Gasteiger partial charge in [0.2, 0.25) is 0 Å². The molecule has 0 amide bonds. The van der Waals surface area contributed by atoms with Crippen LogP contribution in [0.5, 0.6) is 5.75 Å². The molecule has 84 valence electrons. The Labute approximate surface area is 92.4 Å². The summed E-state index contributed by atoms with van der Waals surface area (Å²) in [5.74, 6) is 0.887. The van der Waals surface area contributed by atoms with E-state index in [1.54, 1.807) is 7.11 Å². The topological polar surface area (TPSA) is 35.2 Å². The van der Waals surface area contributed by atoms with Gasteiger partial charge in [-0.3, -0.25) is 0 Å². The quantitative estimate of drug-likeness (QED) is 0.726. The summed E-state index contributed by atoms with van der Waals surface area (Å²) in [6, 6.07) is 8.18. The highest BCUT2D eigenvalue weighted by molar-refractivity contribution is 5.30. The molecule has 1 atom stereocenters. The van der Waals surface area contributed by atoms with E-state index in [-0.39, 0.29) is 6.04 Å². The number of unbranched alkanes of at least 4 members (excludes halogenated alkanes) is 2. The number of benzene rings is 1. The highest BCUT2D eigenvalue weighted by atomic mass is 16.5. The van der Waals surface area contributed by atoms with Gasteiger partial charge in [0, 0.05) is 6.04 Å². The van der Waals surface area contributed by atoms with E-state index in [2.05, 4.69) is 13.0 Å². The fraction of sp³-hybridized carbons (Fsp3) is 0.538. The molecule has 2 heteroatoms. The maximum Gasteiger partial charge on any atom is 0.119 e. The first kappa shape index (κ1) is 12.1. The van der Waals surface area contributed by atoms with Crippen LogP contribution in [0, 0.1) is 0 Å². The molecule has 0 aliphatic carbocycles. The summed E-state index contributed by atoms with van der Waals surface area (Å²) in [6.45, 7) is 2.21. The standard InChI is InChI=1S/C13H21NO/c1-3-4-5-9-13(14)11-7-6-8-12(10-11)15-2/h6-8,10,13H,3-5,9,14H2,1-2H3/t13-/m0/s1. The number of ether oxygens (including phenoxy) is 1. The van der Waals surface area contributed by atoms with Gasteiger partial charge in [-0.2, -0.15) is 0 Å². The zero-order chi connectivity index (χ0) is 11.1. The van der Waals surface area contributed by atoms with Crippen molar-refractivity contribution in [3.8, 4) is 5.75 Å². The Morgan fingerprint density at radius 2 is 2.13 bits per heavy atom. The van der Waals surface area contributed by atoms with Crippen LogP contribution < -0.4 is 10.5 Å². The summed E-state index contributed by atoms with van der Waals surface area (Å²) in [6.07, 6.45) is 4.76. The van der Waals surface area contributed by atoms with Gasteiger partial charge in [-0.05, 0) is 24.1 Å². The Bertz CT molecular complexity index is 286. The van der Waals surface area contributed by atoms with Gasteiger partial charge in [-0.15, -0.1) is 0 Å². The highest BCUT2D eigenvalue weighted by Gasteiger charge is 2.05. The summed E-state index contributed by atoms with van der Waals surface area (Å²) in [4.78, 5) is 0. The van der Waals surface area contributed by atoms with E-state index in [4.69, 9.17) is 10.5 Å². The summed E-state index contributed by atoms with van der Waals surface area (Å²) in [5.41, 5.74) is 7.28. The van der Waals surface area contributed by atoms with Crippen LogP contribution in [0.15, 0.2) is 24.3 Å². The van der Waals surface area contributed by atoms with Gasteiger partial charge in [0.25, 0.3) is 0 Å². The molecule has 0 spiro atoms. The predicted molar refractivity (Wildman–Crippen MR) is 64.1 cm³/mol. The van der Waals surface area contributed by atoms with E-state index in [1.807, 2.05) is 18.2 Å². The largest absolute Gasteiger partial charge is 0.497 e. The zero-order valence-corrected chi connectivity index (χ0v) is 9.70. The van der Waals surface area contributed by atoms with Crippen LogP contribution in [0.4, 0.5) is 0 Å². The smallest absolute Gasteiger partial charge is 0.119 e. The lowest BCUT2D eigenvalue weighted by atomic mass is 10.0. The fourth-order valence-corrected chi connectivity index (χ4v) is 1.65. The van der Waals surface area contributed by atoms with Crippen LogP contribution in [0.3, 0.4) is 0 Å². The molecule has 2 N–H and O–H groups in total. The summed E-state index contributed by atoms with van der Waals surface area (Å²) < 4.78 is 5.18. The van der Waals surface area contributed by atoms with E-state index < -0.39 is 0 Å². The molecule has 2 nitrogen and oxygen atoms in total. The third kappa shape index (κ3) is 3.92. The molecule has 0 radical (unpaired) electrons. The fourth-order valence-electron chi connectivity index (χ4n) is 1.65. The van der Waals surface area contributed by atoms with Crippen LogP contribution in [0.1, 0.15) is 44.2 Å². The summed E-state index contributed by atoms with van der Waals surface area (Å²) in [5, 5.41) is 0. The second-order valence-electron chi connectivity index (χ2n) is 3.88. The Morgan fingerprint density at radius 3 is 2.80 bits per heavy atom. The first-order valence-electron chi connectivity index (χ1n) is 5.67. The normalized spacial score (nSPS) is 12.5. The highest BCUT2D eigenvalue weighted by Crippen LogP contribution is 2.21. The summed E-state index contributed by atoms with van der Waals surface area (Å²) >= 11 is 0. The summed E-state index contributed by atoms with van der Waals surface area (Å²) in [7, 11) is 1.68. The monoisotopic (exact) mass is 207 g/mol. The molecule has 15 heavy (non-hydrogen) atoms. The number of rotatable bonds is 6. The lowest BCUT2D eigenvalue weighted by Crippen LogP contribution is -2.10. The molecule has 1 rings (SSSR count). The van der Waals surface area contributed by atoms with Crippen molar-refractivity contribution >= 4 is 0 Å². The minimum atomic E-state index is 0.145. The lowest BCUT2D eigenvalue weighted by molar-refractivity contribution is 0.413. The molecule has 0 saturated carbocycles. The van der Waals surface area contributed by atoms with E-state index in [0.29, 0.717) is 0 Å². The molecule has 0 heterocycles. The van der Waals surface area contributed by atoms with Gasteiger partial charge in [0.1, 0.15) is 5.75 Å². The van der Waals surface area contributed by atoms with Gasteiger partial charge < -0.3 is 10.5 Å². The average molecular weight is 207 g/mol. The van der Waals surface area contributed by atoms with Gasteiger partial charge in [-0.25, -0.2) is 0 Å². The van der Waals surface area contributed by atoms with Gasteiger partial charge in [0.05, 0.1) is 7.11 Å².